The van der Waals surface area contributed by atoms with Crippen molar-refractivity contribution in [3.05, 3.63) is 65.2 Å². The van der Waals surface area contributed by atoms with E-state index in [1.165, 1.54) is 42.5 Å². The maximum absolute atomic E-state index is 13.7. The van der Waals surface area contributed by atoms with Crippen LogP contribution in [0.15, 0.2) is 42.5 Å². The number of carbonyl (C=O) groups is 1. The molecule has 0 unspecified atom stereocenters. The summed E-state index contributed by atoms with van der Waals surface area (Å²) in [7, 11) is 0. The molecule has 2 aromatic rings. The first-order valence-electron chi connectivity index (χ1n) is 6.15. The largest absolute Gasteiger partial charge is 0.322 e. The van der Waals surface area contributed by atoms with Gasteiger partial charge in [0, 0.05) is 11.3 Å². The molecule has 3 N–H and O–H groups in total. The van der Waals surface area contributed by atoms with Crippen LogP contribution >= 0.6 is 0 Å². The lowest BCUT2D eigenvalue weighted by Crippen LogP contribution is -2.14. The smallest absolute Gasteiger partial charge is 0.258 e. The van der Waals surface area contributed by atoms with E-state index < -0.39 is 17.5 Å². The van der Waals surface area contributed by atoms with E-state index in [1.54, 1.807) is 0 Å². The number of benzene rings is 2. The van der Waals surface area contributed by atoms with Crippen molar-refractivity contribution in [1.29, 1.82) is 0 Å². The summed E-state index contributed by atoms with van der Waals surface area (Å²) in [4.78, 5) is 12.0. The third-order valence-electron chi connectivity index (χ3n) is 2.65. The Kier molecular flexibility index (Phi) is 4.64. The minimum Gasteiger partial charge on any atom is -0.322 e. The van der Waals surface area contributed by atoms with Crippen LogP contribution in [0.5, 0.6) is 0 Å². The number of hydrogen-bond acceptors (Lipinski definition) is 2. The van der Waals surface area contributed by atoms with Crippen LogP contribution in [0.3, 0.4) is 0 Å². The number of amides is 1. The number of rotatable bonds is 2. The van der Waals surface area contributed by atoms with Crippen molar-refractivity contribution in [2.75, 3.05) is 11.9 Å². The topological polar surface area (TPSA) is 55.1 Å². The van der Waals surface area contributed by atoms with E-state index in [4.69, 9.17) is 5.73 Å². The Hall–Kier alpha value is -2.71. The Morgan fingerprint density at radius 2 is 1.86 bits per heavy atom. The van der Waals surface area contributed by atoms with Gasteiger partial charge in [-0.1, -0.05) is 11.8 Å². The van der Waals surface area contributed by atoms with Crippen molar-refractivity contribution >= 4 is 11.6 Å². The average Bonchev–Trinajstić information content (AvgIpc) is 2.48. The van der Waals surface area contributed by atoms with Crippen LogP contribution in [0.25, 0.3) is 0 Å². The van der Waals surface area contributed by atoms with E-state index in [-0.39, 0.29) is 12.1 Å². The van der Waals surface area contributed by atoms with Crippen LogP contribution in [0.2, 0.25) is 0 Å². The van der Waals surface area contributed by atoms with Gasteiger partial charge in [-0.3, -0.25) is 4.79 Å². The van der Waals surface area contributed by atoms with E-state index >= 15 is 0 Å². The van der Waals surface area contributed by atoms with Gasteiger partial charge < -0.3 is 11.1 Å². The molecular weight excluding hydrogens is 274 g/mol. The number of halogens is 2. The molecule has 1 amide bonds. The second-order valence-electron chi connectivity index (χ2n) is 4.16. The summed E-state index contributed by atoms with van der Waals surface area (Å²) in [5.41, 5.74) is 5.99. The van der Waals surface area contributed by atoms with Gasteiger partial charge in [0.25, 0.3) is 5.91 Å². The van der Waals surface area contributed by atoms with Gasteiger partial charge in [0.15, 0.2) is 0 Å². The lowest BCUT2D eigenvalue weighted by Gasteiger charge is -2.06. The van der Waals surface area contributed by atoms with Gasteiger partial charge in [0.05, 0.1) is 12.1 Å². The molecule has 2 aromatic carbocycles. The van der Waals surface area contributed by atoms with E-state index in [0.717, 1.165) is 0 Å². The molecule has 0 radical (unpaired) electrons. The lowest BCUT2D eigenvalue weighted by atomic mass is 10.1. The van der Waals surface area contributed by atoms with Crippen LogP contribution in [-0.2, 0) is 0 Å². The highest BCUT2D eigenvalue weighted by Gasteiger charge is 2.12. The van der Waals surface area contributed by atoms with E-state index in [0.29, 0.717) is 11.3 Å². The van der Waals surface area contributed by atoms with Gasteiger partial charge in [-0.2, -0.15) is 0 Å². The zero-order chi connectivity index (χ0) is 15.2. The number of anilines is 1. The number of nitrogens with two attached hydrogens (primary N) is 1. The van der Waals surface area contributed by atoms with Crippen LogP contribution in [0, 0.1) is 23.5 Å². The SMILES string of the molecule is NCC#Cc1ccc(F)c(C(=O)Nc2ccc(F)cc2)c1. The summed E-state index contributed by atoms with van der Waals surface area (Å²) in [5, 5.41) is 2.49. The molecule has 0 atom stereocenters. The van der Waals surface area contributed by atoms with Gasteiger partial charge in [0.2, 0.25) is 0 Å². The highest BCUT2D eigenvalue weighted by Crippen LogP contribution is 2.14. The lowest BCUT2D eigenvalue weighted by molar-refractivity contribution is 0.102. The molecule has 5 heteroatoms. The molecule has 0 bridgehead atoms. The predicted octanol–water partition coefficient (Wildman–Crippen LogP) is 2.53. The summed E-state index contributed by atoms with van der Waals surface area (Å²) in [6.07, 6.45) is 0. The maximum Gasteiger partial charge on any atom is 0.258 e. The minimum absolute atomic E-state index is 0.136. The van der Waals surface area contributed by atoms with Crippen LogP contribution in [-0.4, -0.2) is 12.5 Å². The highest BCUT2D eigenvalue weighted by molar-refractivity contribution is 6.04. The molecule has 106 valence electrons. The van der Waals surface area contributed by atoms with Crippen molar-refractivity contribution < 1.29 is 13.6 Å². The molecule has 0 saturated heterocycles. The number of carbonyl (C=O) groups excluding carboxylic acids is 1. The summed E-state index contributed by atoms with van der Waals surface area (Å²) < 4.78 is 26.5. The van der Waals surface area contributed by atoms with Crippen LogP contribution in [0.1, 0.15) is 15.9 Å². The normalized spacial score (nSPS) is 9.67. The Labute approximate surface area is 120 Å². The third-order valence-corrected chi connectivity index (χ3v) is 2.65. The maximum atomic E-state index is 13.7. The molecule has 0 saturated carbocycles. The highest BCUT2D eigenvalue weighted by atomic mass is 19.1. The molecule has 2 rings (SSSR count). The molecule has 0 aromatic heterocycles. The zero-order valence-electron chi connectivity index (χ0n) is 11.0. The van der Waals surface area contributed by atoms with E-state index in [2.05, 4.69) is 17.2 Å². The summed E-state index contributed by atoms with van der Waals surface area (Å²) in [5.74, 6) is 3.65. The summed E-state index contributed by atoms with van der Waals surface area (Å²) >= 11 is 0. The Balaban J connectivity index is 2.23. The summed E-state index contributed by atoms with van der Waals surface area (Å²) in [6.45, 7) is 0.175. The first-order valence-corrected chi connectivity index (χ1v) is 6.15. The fourth-order valence-corrected chi connectivity index (χ4v) is 1.66. The van der Waals surface area contributed by atoms with Crippen LogP contribution in [0.4, 0.5) is 14.5 Å². The second-order valence-corrected chi connectivity index (χ2v) is 4.16. The number of hydrogen-bond donors (Lipinski definition) is 2. The van der Waals surface area contributed by atoms with Crippen LogP contribution < -0.4 is 11.1 Å². The quantitative estimate of drug-likeness (QED) is 0.834. The van der Waals surface area contributed by atoms with Gasteiger partial charge in [-0.15, -0.1) is 0 Å². The molecule has 3 nitrogen and oxygen atoms in total. The average molecular weight is 286 g/mol. The van der Waals surface area contributed by atoms with Gasteiger partial charge in [0.1, 0.15) is 11.6 Å². The van der Waals surface area contributed by atoms with E-state index in [1.807, 2.05) is 0 Å². The molecule has 0 fully saturated rings. The first-order chi connectivity index (χ1) is 10.1. The van der Waals surface area contributed by atoms with Crippen molar-refractivity contribution in [2.45, 2.75) is 0 Å². The van der Waals surface area contributed by atoms with Crippen molar-refractivity contribution in [1.82, 2.24) is 0 Å². The second kappa shape index (κ2) is 6.64. The minimum atomic E-state index is -0.659. The molecule has 0 aliphatic heterocycles. The van der Waals surface area contributed by atoms with E-state index in [9.17, 15) is 13.6 Å². The monoisotopic (exact) mass is 286 g/mol. The molecular formula is C16H12F2N2O. The fraction of sp³-hybridized carbons (Fsp3) is 0.0625. The molecule has 0 heterocycles. The Bertz CT molecular complexity index is 715. The van der Waals surface area contributed by atoms with Gasteiger partial charge in [-0.05, 0) is 42.5 Å². The Morgan fingerprint density at radius 1 is 1.14 bits per heavy atom. The third kappa shape index (κ3) is 3.88. The molecule has 0 aliphatic carbocycles. The van der Waals surface area contributed by atoms with Crippen molar-refractivity contribution in [2.24, 2.45) is 5.73 Å². The zero-order valence-corrected chi connectivity index (χ0v) is 11.0. The fourth-order valence-electron chi connectivity index (χ4n) is 1.66. The molecule has 0 spiro atoms. The van der Waals surface area contributed by atoms with Crippen molar-refractivity contribution in [3.8, 4) is 11.8 Å². The first kappa shape index (κ1) is 14.7. The Morgan fingerprint density at radius 3 is 2.52 bits per heavy atom. The summed E-state index contributed by atoms with van der Waals surface area (Å²) in [6, 6.07) is 9.17. The van der Waals surface area contributed by atoms with Gasteiger partial charge >= 0.3 is 0 Å². The van der Waals surface area contributed by atoms with Crippen molar-refractivity contribution in [3.63, 3.8) is 0 Å². The molecule has 21 heavy (non-hydrogen) atoms. The number of nitrogens with one attached hydrogen (secondary N) is 1. The van der Waals surface area contributed by atoms with Gasteiger partial charge in [-0.25, -0.2) is 8.78 Å². The standard InChI is InChI=1S/C16H12F2N2O/c17-12-4-6-13(7-5-12)20-16(21)14-10-11(2-1-9-19)3-8-15(14)18/h3-8,10H,9,19H2,(H,20,21). The predicted molar refractivity (Wildman–Crippen MR) is 76.7 cm³/mol. The molecule has 0 aliphatic rings.